The molecule has 0 aliphatic carbocycles. The first-order valence-electron chi connectivity index (χ1n) is 10.2. The number of benzene rings is 2. The minimum Gasteiger partial charge on any atom is -0.457 e. The SMILES string of the molecule is O=C(NC1CCN(C(=O)C2c3ccccc3Oc3ccccc32)CC1)c1ccsc1. The number of thiophene rings is 1. The van der Waals surface area contributed by atoms with E-state index in [2.05, 4.69) is 5.32 Å². The molecule has 2 amide bonds. The fourth-order valence-corrected chi connectivity index (χ4v) is 4.90. The van der Waals surface area contributed by atoms with Crippen molar-refractivity contribution in [2.45, 2.75) is 24.8 Å². The van der Waals surface area contributed by atoms with Gasteiger partial charge in [-0.05, 0) is 36.4 Å². The van der Waals surface area contributed by atoms with Crippen molar-refractivity contribution in [1.82, 2.24) is 10.2 Å². The Morgan fingerprint density at radius 1 is 0.933 bits per heavy atom. The lowest BCUT2D eigenvalue weighted by Crippen LogP contribution is -2.48. The van der Waals surface area contributed by atoms with Gasteiger partial charge in [-0.2, -0.15) is 11.3 Å². The third kappa shape index (κ3) is 3.48. The third-order valence-corrected chi connectivity index (χ3v) is 6.54. The molecular weight excluding hydrogens is 396 g/mol. The fraction of sp³-hybridized carbons (Fsp3) is 0.250. The number of carbonyl (C=O) groups is 2. The molecule has 6 heteroatoms. The van der Waals surface area contributed by atoms with Gasteiger partial charge >= 0.3 is 0 Å². The molecule has 0 spiro atoms. The first kappa shape index (κ1) is 18.9. The molecule has 2 aliphatic heterocycles. The molecule has 30 heavy (non-hydrogen) atoms. The molecule has 0 atom stereocenters. The number of nitrogens with one attached hydrogen (secondary N) is 1. The molecule has 2 aliphatic rings. The van der Waals surface area contributed by atoms with Crippen LogP contribution in [-0.2, 0) is 4.79 Å². The van der Waals surface area contributed by atoms with Crippen LogP contribution < -0.4 is 10.1 Å². The minimum atomic E-state index is -0.358. The van der Waals surface area contributed by atoms with Crippen LogP contribution in [0.4, 0.5) is 0 Å². The van der Waals surface area contributed by atoms with Crippen LogP contribution in [0.25, 0.3) is 0 Å². The molecular formula is C24H22N2O3S. The molecule has 1 aromatic heterocycles. The van der Waals surface area contributed by atoms with E-state index in [1.807, 2.05) is 70.3 Å². The summed E-state index contributed by atoms with van der Waals surface area (Å²) in [6, 6.07) is 17.4. The van der Waals surface area contributed by atoms with Gasteiger partial charge in [0.2, 0.25) is 5.91 Å². The van der Waals surface area contributed by atoms with E-state index in [1.54, 1.807) is 0 Å². The maximum absolute atomic E-state index is 13.6. The van der Waals surface area contributed by atoms with Gasteiger partial charge in [-0.3, -0.25) is 9.59 Å². The van der Waals surface area contributed by atoms with Crippen molar-refractivity contribution in [2.75, 3.05) is 13.1 Å². The van der Waals surface area contributed by atoms with E-state index in [0.29, 0.717) is 18.7 Å². The predicted octanol–water partition coefficient (Wildman–Crippen LogP) is 4.41. The molecule has 152 valence electrons. The number of nitrogens with zero attached hydrogens (tertiary/aromatic N) is 1. The number of hydrogen-bond donors (Lipinski definition) is 1. The Hall–Kier alpha value is -3.12. The largest absolute Gasteiger partial charge is 0.457 e. The number of hydrogen-bond acceptors (Lipinski definition) is 4. The number of piperidine rings is 1. The molecule has 3 heterocycles. The van der Waals surface area contributed by atoms with Crippen molar-refractivity contribution in [3.8, 4) is 11.5 Å². The van der Waals surface area contributed by atoms with Crippen LogP contribution in [0.5, 0.6) is 11.5 Å². The highest BCUT2D eigenvalue weighted by atomic mass is 32.1. The monoisotopic (exact) mass is 418 g/mol. The zero-order chi connectivity index (χ0) is 20.5. The second kappa shape index (κ2) is 7.95. The van der Waals surface area contributed by atoms with E-state index in [4.69, 9.17) is 4.74 Å². The van der Waals surface area contributed by atoms with E-state index in [0.717, 1.165) is 35.5 Å². The first-order valence-corrected chi connectivity index (χ1v) is 11.1. The van der Waals surface area contributed by atoms with Gasteiger partial charge in [0.25, 0.3) is 5.91 Å². The maximum Gasteiger partial charge on any atom is 0.252 e. The molecule has 0 bridgehead atoms. The Bertz CT molecular complexity index is 1030. The highest BCUT2D eigenvalue weighted by Gasteiger charge is 2.36. The van der Waals surface area contributed by atoms with Crippen LogP contribution >= 0.6 is 11.3 Å². The molecule has 2 aromatic carbocycles. The minimum absolute atomic E-state index is 0.0340. The van der Waals surface area contributed by atoms with Gasteiger partial charge in [0.1, 0.15) is 11.5 Å². The average Bonchev–Trinajstić information content (AvgIpc) is 3.33. The van der Waals surface area contributed by atoms with Crippen molar-refractivity contribution in [1.29, 1.82) is 0 Å². The second-order valence-corrected chi connectivity index (χ2v) is 8.48. The van der Waals surface area contributed by atoms with Gasteiger partial charge in [-0.15, -0.1) is 0 Å². The number of carbonyl (C=O) groups excluding carboxylic acids is 2. The number of ether oxygens (including phenoxy) is 1. The van der Waals surface area contributed by atoms with Gasteiger partial charge in [0.15, 0.2) is 0 Å². The number of para-hydroxylation sites is 2. The lowest BCUT2D eigenvalue weighted by Gasteiger charge is -2.36. The lowest BCUT2D eigenvalue weighted by atomic mass is 9.86. The smallest absolute Gasteiger partial charge is 0.252 e. The Morgan fingerprint density at radius 3 is 2.17 bits per heavy atom. The number of rotatable bonds is 3. The standard InChI is InChI=1S/C24H22N2O3S/c27-23(16-11-14-30-15-16)25-17-9-12-26(13-10-17)24(28)22-18-5-1-3-7-20(18)29-21-8-4-2-6-19(21)22/h1-8,11,14-15,17,22H,9-10,12-13H2,(H,25,27). The predicted molar refractivity (Wildman–Crippen MR) is 116 cm³/mol. The van der Waals surface area contributed by atoms with Crippen LogP contribution in [0.15, 0.2) is 65.4 Å². The van der Waals surface area contributed by atoms with Crippen molar-refractivity contribution in [3.63, 3.8) is 0 Å². The van der Waals surface area contributed by atoms with Gasteiger partial charge in [0, 0.05) is 41.2 Å². The van der Waals surface area contributed by atoms with E-state index < -0.39 is 0 Å². The zero-order valence-electron chi connectivity index (χ0n) is 16.4. The zero-order valence-corrected chi connectivity index (χ0v) is 17.2. The molecule has 0 unspecified atom stereocenters. The van der Waals surface area contributed by atoms with Crippen LogP contribution in [0, 0.1) is 0 Å². The summed E-state index contributed by atoms with van der Waals surface area (Å²) in [7, 11) is 0. The molecule has 0 radical (unpaired) electrons. The third-order valence-electron chi connectivity index (χ3n) is 5.85. The Balaban J connectivity index is 1.31. The van der Waals surface area contributed by atoms with E-state index in [9.17, 15) is 9.59 Å². The second-order valence-electron chi connectivity index (χ2n) is 7.70. The summed E-state index contributed by atoms with van der Waals surface area (Å²) in [5.41, 5.74) is 2.53. The Morgan fingerprint density at radius 2 is 1.57 bits per heavy atom. The average molecular weight is 419 g/mol. The summed E-state index contributed by atoms with van der Waals surface area (Å²) in [5.74, 6) is 1.19. The highest BCUT2D eigenvalue weighted by Crippen LogP contribution is 2.44. The Labute approximate surface area is 179 Å². The topological polar surface area (TPSA) is 58.6 Å². The van der Waals surface area contributed by atoms with E-state index in [-0.39, 0.29) is 23.8 Å². The van der Waals surface area contributed by atoms with Crippen molar-refractivity contribution < 1.29 is 14.3 Å². The molecule has 5 nitrogen and oxygen atoms in total. The van der Waals surface area contributed by atoms with Crippen molar-refractivity contribution >= 4 is 23.2 Å². The maximum atomic E-state index is 13.6. The van der Waals surface area contributed by atoms with E-state index in [1.165, 1.54) is 11.3 Å². The van der Waals surface area contributed by atoms with Crippen molar-refractivity contribution in [3.05, 3.63) is 82.0 Å². The summed E-state index contributed by atoms with van der Waals surface area (Å²) < 4.78 is 6.02. The van der Waals surface area contributed by atoms with Gasteiger partial charge in [0.05, 0.1) is 5.92 Å². The summed E-state index contributed by atoms with van der Waals surface area (Å²) in [5, 5.41) is 6.86. The van der Waals surface area contributed by atoms with Gasteiger partial charge in [-0.1, -0.05) is 36.4 Å². The summed E-state index contributed by atoms with van der Waals surface area (Å²) in [6.45, 7) is 1.27. The summed E-state index contributed by atoms with van der Waals surface area (Å²) in [4.78, 5) is 27.8. The molecule has 1 saturated heterocycles. The normalized spacial score (nSPS) is 16.3. The number of amides is 2. The lowest BCUT2D eigenvalue weighted by molar-refractivity contribution is -0.133. The van der Waals surface area contributed by atoms with Crippen LogP contribution in [-0.4, -0.2) is 35.8 Å². The molecule has 1 fully saturated rings. The Kier molecular flexibility index (Phi) is 5.01. The van der Waals surface area contributed by atoms with Crippen LogP contribution in [0.1, 0.15) is 40.2 Å². The molecule has 0 saturated carbocycles. The summed E-state index contributed by atoms with van der Waals surface area (Å²) >= 11 is 1.51. The molecule has 3 aromatic rings. The van der Waals surface area contributed by atoms with Gasteiger partial charge < -0.3 is 15.0 Å². The van der Waals surface area contributed by atoms with Crippen LogP contribution in [0.2, 0.25) is 0 Å². The van der Waals surface area contributed by atoms with E-state index >= 15 is 0 Å². The molecule has 1 N–H and O–H groups in total. The number of likely N-dealkylation sites (tertiary alicyclic amines) is 1. The summed E-state index contributed by atoms with van der Waals surface area (Å²) in [6.07, 6.45) is 1.52. The quantitative estimate of drug-likeness (QED) is 0.686. The first-order chi connectivity index (χ1) is 14.7. The van der Waals surface area contributed by atoms with Crippen molar-refractivity contribution in [2.24, 2.45) is 0 Å². The van der Waals surface area contributed by atoms with Gasteiger partial charge in [-0.25, -0.2) is 0 Å². The molecule has 5 rings (SSSR count). The number of fused-ring (bicyclic) bond motifs is 2. The van der Waals surface area contributed by atoms with Crippen LogP contribution in [0.3, 0.4) is 0 Å². The fourth-order valence-electron chi connectivity index (χ4n) is 4.27. The highest BCUT2D eigenvalue weighted by molar-refractivity contribution is 7.08.